The average Bonchev–Trinajstić information content (AvgIpc) is 3.51. The molecule has 1 fully saturated rings. The lowest BCUT2D eigenvalue weighted by Crippen LogP contribution is -2.31. The number of amides is 2. The summed E-state index contributed by atoms with van der Waals surface area (Å²) in [6.45, 7) is 0.418. The molecule has 1 saturated carbocycles. The van der Waals surface area contributed by atoms with Gasteiger partial charge in [0.25, 0.3) is 0 Å². The molecule has 0 unspecified atom stereocenters. The van der Waals surface area contributed by atoms with Gasteiger partial charge in [-0.3, -0.25) is 0 Å². The highest BCUT2D eigenvalue weighted by molar-refractivity contribution is 7.89. The molecule has 2 amide bonds. The Kier molecular flexibility index (Phi) is 6.60. The topological polar surface area (TPSA) is 106 Å². The first-order chi connectivity index (χ1) is 13.9. The molecular formula is C20H25N3O5S. The van der Waals surface area contributed by atoms with Gasteiger partial charge in [-0.15, -0.1) is 0 Å². The molecule has 0 aromatic heterocycles. The van der Waals surface area contributed by atoms with Crippen LogP contribution in [0.15, 0.2) is 47.4 Å². The van der Waals surface area contributed by atoms with Crippen molar-refractivity contribution in [2.75, 3.05) is 26.1 Å². The van der Waals surface area contributed by atoms with Gasteiger partial charge in [0, 0.05) is 12.6 Å². The van der Waals surface area contributed by atoms with Gasteiger partial charge in [0.2, 0.25) is 10.0 Å². The molecule has 9 heteroatoms. The van der Waals surface area contributed by atoms with Gasteiger partial charge in [-0.1, -0.05) is 12.1 Å². The van der Waals surface area contributed by atoms with E-state index in [-0.39, 0.29) is 16.6 Å². The first kappa shape index (κ1) is 20.9. The van der Waals surface area contributed by atoms with Crippen LogP contribution in [0.1, 0.15) is 18.4 Å². The van der Waals surface area contributed by atoms with Crippen molar-refractivity contribution in [3.05, 3.63) is 48.0 Å². The van der Waals surface area contributed by atoms with Crippen LogP contribution in [0.2, 0.25) is 0 Å². The Morgan fingerprint density at radius 2 is 1.79 bits per heavy atom. The number of benzene rings is 2. The number of sulfonamides is 1. The van der Waals surface area contributed by atoms with Crippen molar-refractivity contribution >= 4 is 21.7 Å². The maximum absolute atomic E-state index is 12.4. The summed E-state index contributed by atoms with van der Waals surface area (Å²) in [5, 5.41) is 5.42. The van der Waals surface area contributed by atoms with Gasteiger partial charge in [-0.25, -0.2) is 17.9 Å². The molecule has 0 aliphatic heterocycles. The summed E-state index contributed by atoms with van der Waals surface area (Å²) in [4.78, 5) is 12.3. The Morgan fingerprint density at radius 1 is 1.07 bits per heavy atom. The van der Waals surface area contributed by atoms with Crippen LogP contribution in [-0.2, 0) is 16.4 Å². The first-order valence-corrected chi connectivity index (χ1v) is 10.8. The van der Waals surface area contributed by atoms with Crippen molar-refractivity contribution in [2.45, 2.75) is 30.2 Å². The van der Waals surface area contributed by atoms with Crippen molar-refractivity contribution < 1.29 is 22.7 Å². The summed E-state index contributed by atoms with van der Waals surface area (Å²) in [7, 11) is -0.561. The Labute approximate surface area is 170 Å². The van der Waals surface area contributed by atoms with E-state index in [0.29, 0.717) is 18.7 Å². The van der Waals surface area contributed by atoms with Crippen molar-refractivity contribution in [2.24, 2.45) is 0 Å². The van der Waals surface area contributed by atoms with Crippen LogP contribution in [0.5, 0.6) is 11.5 Å². The molecule has 156 valence electrons. The molecule has 29 heavy (non-hydrogen) atoms. The number of nitrogens with one attached hydrogen (secondary N) is 3. The van der Waals surface area contributed by atoms with Crippen LogP contribution in [-0.4, -0.2) is 41.3 Å². The van der Waals surface area contributed by atoms with E-state index in [0.717, 1.165) is 24.2 Å². The zero-order chi connectivity index (χ0) is 20.9. The molecule has 8 nitrogen and oxygen atoms in total. The van der Waals surface area contributed by atoms with Crippen LogP contribution in [0.3, 0.4) is 0 Å². The lowest BCUT2D eigenvalue weighted by molar-refractivity contribution is 0.252. The van der Waals surface area contributed by atoms with Gasteiger partial charge >= 0.3 is 6.03 Å². The van der Waals surface area contributed by atoms with Crippen LogP contribution >= 0.6 is 0 Å². The lowest BCUT2D eigenvalue weighted by Gasteiger charge is -2.13. The second-order valence-electron chi connectivity index (χ2n) is 6.74. The predicted octanol–water partition coefficient (Wildman–Crippen LogP) is 2.51. The summed E-state index contributed by atoms with van der Waals surface area (Å²) in [6, 6.07) is 11.5. The van der Waals surface area contributed by atoms with Gasteiger partial charge in [0.05, 0.1) is 24.8 Å². The molecule has 1 aliphatic carbocycles. The Bertz CT molecular complexity index is 957. The zero-order valence-electron chi connectivity index (χ0n) is 16.4. The number of hydrogen-bond donors (Lipinski definition) is 3. The first-order valence-electron chi connectivity index (χ1n) is 9.29. The van der Waals surface area contributed by atoms with Crippen molar-refractivity contribution in [3.63, 3.8) is 0 Å². The number of methoxy groups -OCH3 is 2. The molecule has 2 aromatic carbocycles. The maximum Gasteiger partial charge on any atom is 0.319 e. The highest BCUT2D eigenvalue weighted by Crippen LogP contribution is 2.29. The summed E-state index contributed by atoms with van der Waals surface area (Å²) < 4.78 is 37.8. The molecule has 0 radical (unpaired) electrons. The van der Waals surface area contributed by atoms with Crippen LogP contribution in [0.25, 0.3) is 0 Å². The number of anilines is 1. The van der Waals surface area contributed by atoms with Gasteiger partial charge < -0.3 is 20.1 Å². The normalized spacial score (nSPS) is 13.6. The minimum absolute atomic E-state index is 0.000218. The number of carbonyl (C=O) groups excluding carboxylic acids is 1. The van der Waals surface area contributed by atoms with E-state index in [4.69, 9.17) is 9.47 Å². The fraction of sp³-hybridized carbons (Fsp3) is 0.350. The summed E-state index contributed by atoms with van der Waals surface area (Å²) >= 11 is 0. The number of urea groups is 1. The lowest BCUT2D eigenvalue weighted by atomic mass is 10.1. The Morgan fingerprint density at radius 3 is 2.41 bits per heavy atom. The molecule has 0 heterocycles. The zero-order valence-corrected chi connectivity index (χ0v) is 17.2. The van der Waals surface area contributed by atoms with E-state index in [1.165, 1.54) is 25.3 Å². The van der Waals surface area contributed by atoms with E-state index < -0.39 is 16.1 Å². The molecule has 3 N–H and O–H groups in total. The predicted molar refractivity (Wildman–Crippen MR) is 110 cm³/mol. The molecule has 0 atom stereocenters. The van der Waals surface area contributed by atoms with E-state index >= 15 is 0 Å². The minimum Gasteiger partial charge on any atom is -0.497 e. The van der Waals surface area contributed by atoms with E-state index in [2.05, 4.69) is 15.4 Å². The summed E-state index contributed by atoms with van der Waals surface area (Å²) in [6.07, 6.45) is 2.34. The molecular weight excluding hydrogens is 394 g/mol. The highest BCUT2D eigenvalue weighted by Gasteiger charge is 2.28. The molecule has 0 bridgehead atoms. The maximum atomic E-state index is 12.4. The average molecular weight is 420 g/mol. The van der Waals surface area contributed by atoms with Crippen LogP contribution < -0.4 is 24.8 Å². The third kappa shape index (κ3) is 5.85. The number of carbonyl (C=O) groups is 1. The van der Waals surface area contributed by atoms with Crippen molar-refractivity contribution in [3.8, 4) is 11.5 Å². The highest BCUT2D eigenvalue weighted by atomic mass is 32.2. The smallest absolute Gasteiger partial charge is 0.319 e. The van der Waals surface area contributed by atoms with Crippen molar-refractivity contribution in [1.82, 2.24) is 10.0 Å². The third-order valence-corrected chi connectivity index (χ3v) is 6.01. The molecule has 1 aliphatic rings. The van der Waals surface area contributed by atoms with Gasteiger partial charge in [0.15, 0.2) is 0 Å². The van der Waals surface area contributed by atoms with Crippen molar-refractivity contribution in [1.29, 1.82) is 0 Å². The molecule has 0 spiro atoms. The van der Waals surface area contributed by atoms with E-state index in [9.17, 15) is 13.2 Å². The summed E-state index contributed by atoms with van der Waals surface area (Å²) in [5.74, 6) is 1.15. The van der Waals surface area contributed by atoms with E-state index in [1.54, 1.807) is 7.11 Å². The monoisotopic (exact) mass is 419 g/mol. The Balaban J connectivity index is 1.59. The number of rotatable bonds is 9. The fourth-order valence-corrected chi connectivity index (χ4v) is 4.05. The quantitative estimate of drug-likeness (QED) is 0.579. The molecule has 0 saturated heterocycles. The minimum atomic E-state index is -3.63. The number of hydrogen-bond acceptors (Lipinski definition) is 5. The van der Waals surface area contributed by atoms with Gasteiger partial charge in [-0.2, -0.15) is 0 Å². The van der Waals surface area contributed by atoms with Crippen LogP contribution in [0, 0.1) is 0 Å². The largest absolute Gasteiger partial charge is 0.497 e. The molecule has 2 aromatic rings. The second kappa shape index (κ2) is 9.15. The third-order valence-electron chi connectivity index (χ3n) is 4.49. The second-order valence-corrected chi connectivity index (χ2v) is 8.45. The molecule has 3 rings (SSSR count). The SMILES string of the molecule is COc1ccc(CCNC(=O)Nc2cc(S(=O)(=O)NC3CC3)ccc2OC)cc1. The standard InChI is InChI=1S/C20H25N3O5S/c1-27-16-7-3-14(4-8-16)11-12-21-20(24)22-18-13-17(9-10-19(18)28-2)29(25,26)23-15-5-6-15/h3-4,7-10,13,15,23H,5-6,11-12H2,1-2H3,(H2,21,22,24). The fourth-order valence-electron chi connectivity index (χ4n) is 2.72. The Hall–Kier alpha value is -2.78. The van der Waals surface area contributed by atoms with Gasteiger partial charge in [0.1, 0.15) is 11.5 Å². The number of ether oxygens (including phenoxy) is 2. The summed E-state index contributed by atoms with van der Waals surface area (Å²) in [5.41, 5.74) is 1.34. The van der Waals surface area contributed by atoms with E-state index in [1.807, 2.05) is 24.3 Å². The van der Waals surface area contributed by atoms with Crippen LogP contribution in [0.4, 0.5) is 10.5 Å². The van der Waals surface area contributed by atoms with Gasteiger partial charge in [-0.05, 0) is 55.2 Å².